The van der Waals surface area contributed by atoms with Gasteiger partial charge in [0.2, 0.25) is 5.91 Å². The van der Waals surface area contributed by atoms with Gasteiger partial charge in [0, 0.05) is 0 Å². The molecule has 1 amide bonds. The molecule has 0 heterocycles. The number of hydrogen-bond donors (Lipinski definition) is 2. The van der Waals surface area contributed by atoms with Gasteiger partial charge in [-0.1, -0.05) is 0 Å². The zero-order chi connectivity index (χ0) is 11.3. The van der Waals surface area contributed by atoms with E-state index in [2.05, 4.69) is 5.32 Å². The number of rotatable bonds is 7. The molecule has 1 fully saturated rings. The molecule has 1 atom stereocenters. The third-order valence-corrected chi connectivity index (χ3v) is 2.37. The maximum absolute atomic E-state index is 11.1. The normalized spacial score (nSPS) is 17.1. The Kier molecular flexibility index (Phi) is 4.55. The van der Waals surface area contributed by atoms with Crippen molar-refractivity contribution in [3.8, 4) is 0 Å². The number of nitrogens with two attached hydrogens (primary N) is 1. The molecule has 1 rings (SSSR count). The summed E-state index contributed by atoms with van der Waals surface area (Å²) in [4.78, 5) is 22.2. The summed E-state index contributed by atoms with van der Waals surface area (Å²) in [7, 11) is 0. The summed E-state index contributed by atoms with van der Waals surface area (Å²) < 4.78 is 4.76. The number of carbonyl (C=O) groups is 2. The summed E-state index contributed by atoms with van der Waals surface area (Å²) in [6.45, 7) is 2.81. The molecule has 0 aromatic rings. The minimum absolute atomic E-state index is 0.0237. The predicted molar refractivity (Wildman–Crippen MR) is 55.0 cm³/mol. The number of hydrogen-bond acceptors (Lipinski definition) is 4. The number of primary amides is 1. The predicted octanol–water partition coefficient (Wildman–Crippen LogP) is -0.207. The maximum Gasteiger partial charge on any atom is 0.307 e. The lowest BCUT2D eigenvalue weighted by molar-refractivity contribution is -0.145. The molecule has 0 saturated heterocycles. The summed E-state index contributed by atoms with van der Waals surface area (Å²) >= 11 is 0. The van der Waals surface area contributed by atoms with Crippen molar-refractivity contribution in [2.24, 2.45) is 11.7 Å². The summed E-state index contributed by atoms with van der Waals surface area (Å²) in [6.07, 6.45) is 2.41. The highest BCUT2D eigenvalue weighted by Crippen LogP contribution is 2.27. The van der Waals surface area contributed by atoms with E-state index in [4.69, 9.17) is 10.5 Å². The van der Waals surface area contributed by atoms with Crippen LogP contribution in [0, 0.1) is 5.92 Å². The Hall–Kier alpha value is -1.10. The van der Waals surface area contributed by atoms with E-state index < -0.39 is 11.9 Å². The standard InChI is InChI=1S/C10H18N2O3/c1-2-15-9(13)5-8(10(11)14)12-6-7-3-4-7/h7-8,12H,2-6H2,1H3,(H2,11,14). The molecule has 0 aromatic heterocycles. The second-order valence-corrected chi connectivity index (χ2v) is 3.82. The average Bonchev–Trinajstić information content (AvgIpc) is 2.95. The highest BCUT2D eigenvalue weighted by atomic mass is 16.5. The molecular weight excluding hydrogens is 196 g/mol. The molecule has 3 N–H and O–H groups in total. The Morgan fingerprint density at radius 1 is 1.53 bits per heavy atom. The van der Waals surface area contributed by atoms with Crippen LogP contribution in [0.3, 0.4) is 0 Å². The number of nitrogens with one attached hydrogen (secondary N) is 1. The van der Waals surface area contributed by atoms with Crippen LogP contribution in [0.5, 0.6) is 0 Å². The lowest BCUT2D eigenvalue weighted by atomic mass is 10.2. The Morgan fingerprint density at radius 3 is 2.67 bits per heavy atom. The quantitative estimate of drug-likeness (QED) is 0.575. The van der Waals surface area contributed by atoms with Gasteiger partial charge < -0.3 is 15.8 Å². The summed E-state index contributed by atoms with van der Waals surface area (Å²) in [5.74, 6) is -0.234. The third-order valence-electron chi connectivity index (χ3n) is 2.37. The van der Waals surface area contributed by atoms with Crippen LogP contribution in [-0.4, -0.2) is 31.1 Å². The van der Waals surface area contributed by atoms with Crippen LogP contribution in [0.15, 0.2) is 0 Å². The summed E-state index contributed by atoms with van der Waals surface area (Å²) in [5.41, 5.74) is 5.18. The Balaban J connectivity index is 2.28. The van der Waals surface area contributed by atoms with Gasteiger partial charge in [0.05, 0.1) is 19.1 Å². The lowest BCUT2D eigenvalue weighted by Crippen LogP contribution is -2.43. The second-order valence-electron chi connectivity index (χ2n) is 3.82. The smallest absolute Gasteiger partial charge is 0.307 e. The first-order valence-corrected chi connectivity index (χ1v) is 5.31. The minimum atomic E-state index is -0.593. The maximum atomic E-state index is 11.1. The van der Waals surface area contributed by atoms with Gasteiger partial charge in [0.1, 0.15) is 0 Å². The van der Waals surface area contributed by atoms with Crippen LogP contribution in [0.1, 0.15) is 26.2 Å². The highest BCUT2D eigenvalue weighted by Gasteiger charge is 2.25. The molecule has 1 aliphatic carbocycles. The first-order chi connectivity index (χ1) is 7.13. The van der Waals surface area contributed by atoms with Crippen LogP contribution in [-0.2, 0) is 14.3 Å². The first-order valence-electron chi connectivity index (χ1n) is 5.31. The van der Waals surface area contributed by atoms with Gasteiger partial charge in [-0.2, -0.15) is 0 Å². The van der Waals surface area contributed by atoms with E-state index in [0.717, 1.165) is 6.54 Å². The average molecular weight is 214 g/mol. The van der Waals surface area contributed by atoms with Gasteiger partial charge in [-0.3, -0.25) is 9.59 Å². The molecule has 0 aromatic carbocycles. The van der Waals surface area contributed by atoms with E-state index in [1.165, 1.54) is 12.8 Å². The van der Waals surface area contributed by atoms with Crippen molar-refractivity contribution in [2.75, 3.05) is 13.2 Å². The van der Waals surface area contributed by atoms with E-state index in [1.54, 1.807) is 6.92 Å². The Morgan fingerprint density at radius 2 is 2.20 bits per heavy atom. The monoisotopic (exact) mass is 214 g/mol. The van der Waals surface area contributed by atoms with Crippen molar-refractivity contribution in [1.82, 2.24) is 5.32 Å². The molecule has 5 heteroatoms. The fourth-order valence-corrected chi connectivity index (χ4v) is 1.29. The summed E-state index contributed by atoms with van der Waals surface area (Å²) in [6, 6.07) is -0.593. The Bertz CT molecular complexity index is 239. The molecule has 1 aliphatic rings. The lowest BCUT2D eigenvalue weighted by Gasteiger charge is -2.13. The van der Waals surface area contributed by atoms with Crippen molar-refractivity contribution < 1.29 is 14.3 Å². The largest absolute Gasteiger partial charge is 0.466 e. The van der Waals surface area contributed by atoms with Crippen LogP contribution in [0.25, 0.3) is 0 Å². The molecule has 5 nitrogen and oxygen atoms in total. The number of carbonyl (C=O) groups excluding carboxylic acids is 2. The first kappa shape index (κ1) is 12.0. The van der Waals surface area contributed by atoms with E-state index in [-0.39, 0.29) is 12.4 Å². The van der Waals surface area contributed by atoms with Crippen molar-refractivity contribution in [3.63, 3.8) is 0 Å². The van der Waals surface area contributed by atoms with Gasteiger partial charge in [-0.15, -0.1) is 0 Å². The molecule has 0 spiro atoms. The van der Waals surface area contributed by atoms with Crippen LogP contribution in [0.2, 0.25) is 0 Å². The van der Waals surface area contributed by atoms with Gasteiger partial charge >= 0.3 is 5.97 Å². The minimum Gasteiger partial charge on any atom is -0.466 e. The zero-order valence-corrected chi connectivity index (χ0v) is 8.99. The van der Waals surface area contributed by atoms with Gasteiger partial charge in [-0.05, 0) is 32.2 Å². The second kappa shape index (κ2) is 5.70. The van der Waals surface area contributed by atoms with Crippen molar-refractivity contribution in [1.29, 1.82) is 0 Å². The zero-order valence-electron chi connectivity index (χ0n) is 8.99. The topological polar surface area (TPSA) is 81.4 Å². The molecule has 1 unspecified atom stereocenters. The third kappa shape index (κ3) is 4.78. The fourth-order valence-electron chi connectivity index (χ4n) is 1.29. The van der Waals surface area contributed by atoms with E-state index in [0.29, 0.717) is 12.5 Å². The van der Waals surface area contributed by atoms with E-state index in [1.807, 2.05) is 0 Å². The molecule has 0 aliphatic heterocycles. The molecule has 86 valence electrons. The van der Waals surface area contributed by atoms with Crippen LogP contribution >= 0.6 is 0 Å². The van der Waals surface area contributed by atoms with Gasteiger partial charge in [-0.25, -0.2) is 0 Å². The number of esters is 1. The Labute approximate surface area is 89.3 Å². The van der Waals surface area contributed by atoms with Gasteiger partial charge in [0.25, 0.3) is 0 Å². The van der Waals surface area contributed by atoms with Gasteiger partial charge in [0.15, 0.2) is 0 Å². The van der Waals surface area contributed by atoms with Crippen LogP contribution in [0.4, 0.5) is 0 Å². The molecule has 15 heavy (non-hydrogen) atoms. The number of ether oxygens (including phenoxy) is 1. The van der Waals surface area contributed by atoms with Crippen molar-refractivity contribution in [2.45, 2.75) is 32.2 Å². The summed E-state index contributed by atoms with van der Waals surface area (Å²) in [5, 5.41) is 3.00. The van der Waals surface area contributed by atoms with Crippen molar-refractivity contribution in [3.05, 3.63) is 0 Å². The van der Waals surface area contributed by atoms with E-state index in [9.17, 15) is 9.59 Å². The number of amides is 1. The molecule has 0 bridgehead atoms. The SMILES string of the molecule is CCOC(=O)CC(NCC1CC1)C(N)=O. The van der Waals surface area contributed by atoms with Crippen LogP contribution < -0.4 is 11.1 Å². The molecular formula is C10H18N2O3. The van der Waals surface area contributed by atoms with E-state index >= 15 is 0 Å². The van der Waals surface area contributed by atoms with Crippen molar-refractivity contribution >= 4 is 11.9 Å². The highest BCUT2D eigenvalue weighted by molar-refractivity contribution is 5.85. The molecule has 1 saturated carbocycles. The molecule has 0 radical (unpaired) electrons. The fraction of sp³-hybridized carbons (Fsp3) is 0.800.